The molecule has 0 saturated heterocycles. The first-order valence-corrected chi connectivity index (χ1v) is 12.5. The second-order valence-corrected chi connectivity index (χ2v) is 9.00. The Hall–Kier alpha value is -3.85. The van der Waals surface area contributed by atoms with Crippen molar-refractivity contribution in [2.24, 2.45) is 4.99 Å². The van der Waals surface area contributed by atoms with Crippen LogP contribution in [0.5, 0.6) is 11.5 Å². The Morgan fingerprint density at radius 2 is 1.97 bits per heavy atom. The molecule has 0 amide bonds. The number of benzene rings is 1. The van der Waals surface area contributed by atoms with Crippen molar-refractivity contribution in [3.63, 3.8) is 0 Å². The van der Waals surface area contributed by atoms with E-state index in [9.17, 15) is 9.59 Å². The van der Waals surface area contributed by atoms with Gasteiger partial charge in [0, 0.05) is 6.08 Å². The lowest BCUT2D eigenvalue weighted by atomic mass is 9.95. The smallest absolute Gasteiger partial charge is 0.338 e. The van der Waals surface area contributed by atoms with Crippen LogP contribution in [0.25, 0.3) is 6.08 Å². The summed E-state index contributed by atoms with van der Waals surface area (Å²) in [6, 6.07) is 8.25. The van der Waals surface area contributed by atoms with Crippen LogP contribution in [-0.4, -0.2) is 30.4 Å². The van der Waals surface area contributed by atoms with Gasteiger partial charge in [-0.3, -0.25) is 9.36 Å². The van der Waals surface area contributed by atoms with E-state index in [1.54, 1.807) is 44.2 Å². The van der Waals surface area contributed by atoms with Gasteiger partial charge in [0.15, 0.2) is 16.3 Å². The van der Waals surface area contributed by atoms with Crippen LogP contribution in [-0.2, 0) is 9.53 Å². The van der Waals surface area contributed by atoms with Crippen molar-refractivity contribution >= 4 is 23.4 Å². The number of nitrogens with zero attached hydrogens (tertiary/aromatic N) is 2. The summed E-state index contributed by atoms with van der Waals surface area (Å²) in [5, 5.41) is 0. The van der Waals surface area contributed by atoms with Gasteiger partial charge in [-0.25, -0.2) is 9.79 Å². The molecule has 0 fully saturated rings. The first-order chi connectivity index (χ1) is 17.4. The molecule has 36 heavy (non-hydrogen) atoms. The Labute approximate surface area is 212 Å². The molecule has 9 heteroatoms. The third kappa shape index (κ3) is 4.92. The van der Waals surface area contributed by atoms with Crippen molar-refractivity contribution in [2.45, 2.75) is 33.7 Å². The SMILES string of the molecule is C=CCOc1ccc(C2C(C(=O)OCC)=C(C)N=c3s/c(=C\c4ccc(C)o4)c(=O)n32)cc1OCC. The zero-order chi connectivity index (χ0) is 25.8. The van der Waals surface area contributed by atoms with Gasteiger partial charge in [-0.2, -0.15) is 0 Å². The predicted molar refractivity (Wildman–Crippen MR) is 137 cm³/mol. The summed E-state index contributed by atoms with van der Waals surface area (Å²) >= 11 is 1.24. The van der Waals surface area contributed by atoms with E-state index in [-0.39, 0.29) is 12.2 Å². The van der Waals surface area contributed by atoms with E-state index in [0.717, 1.165) is 5.76 Å². The van der Waals surface area contributed by atoms with Gasteiger partial charge < -0.3 is 18.6 Å². The number of hydrogen-bond acceptors (Lipinski definition) is 8. The van der Waals surface area contributed by atoms with Crippen LogP contribution in [0.3, 0.4) is 0 Å². The van der Waals surface area contributed by atoms with Crippen molar-refractivity contribution in [3.8, 4) is 11.5 Å². The third-order valence-corrected chi connectivity index (χ3v) is 6.47. The summed E-state index contributed by atoms with van der Waals surface area (Å²) in [4.78, 5) is 31.8. The highest BCUT2D eigenvalue weighted by molar-refractivity contribution is 7.07. The zero-order valence-corrected chi connectivity index (χ0v) is 21.5. The maximum atomic E-state index is 13.7. The number of ether oxygens (including phenoxy) is 3. The molecule has 0 saturated carbocycles. The first-order valence-electron chi connectivity index (χ1n) is 11.6. The third-order valence-electron chi connectivity index (χ3n) is 5.49. The van der Waals surface area contributed by atoms with Crippen molar-refractivity contribution in [2.75, 3.05) is 19.8 Å². The fourth-order valence-electron chi connectivity index (χ4n) is 4.00. The van der Waals surface area contributed by atoms with Gasteiger partial charge in [0.05, 0.1) is 35.1 Å². The van der Waals surface area contributed by atoms with Gasteiger partial charge in [0.2, 0.25) is 0 Å². The number of hydrogen-bond donors (Lipinski definition) is 0. The summed E-state index contributed by atoms with van der Waals surface area (Å²) in [6.07, 6.45) is 3.34. The topological polar surface area (TPSA) is 92.3 Å². The molecule has 8 nitrogen and oxygen atoms in total. The molecule has 0 spiro atoms. The highest BCUT2D eigenvalue weighted by Crippen LogP contribution is 2.36. The quantitative estimate of drug-likeness (QED) is 0.324. The molecule has 3 heterocycles. The minimum absolute atomic E-state index is 0.198. The maximum Gasteiger partial charge on any atom is 0.338 e. The molecular formula is C27H28N2O6S. The number of carbonyl (C=O) groups excluding carboxylic acids is 1. The van der Waals surface area contributed by atoms with E-state index >= 15 is 0 Å². The van der Waals surface area contributed by atoms with Gasteiger partial charge in [-0.05, 0) is 57.5 Å². The second-order valence-electron chi connectivity index (χ2n) is 7.99. The van der Waals surface area contributed by atoms with E-state index < -0.39 is 12.0 Å². The number of aromatic nitrogens is 1. The highest BCUT2D eigenvalue weighted by atomic mass is 32.1. The van der Waals surface area contributed by atoms with Crippen molar-refractivity contribution in [1.82, 2.24) is 4.57 Å². The van der Waals surface area contributed by atoms with E-state index in [0.29, 0.717) is 56.6 Å². The number of allylic oxidation sites excluding steroid dienone is 1. The molecule has 0 bridgehead atoms. The largest absolute Gasteiger partial charge is 0.490 e. The lowest BCUT2D eigenvalue weighted by Gasteiger charge is -2.25. The molecule has 0 N–H and O–H groups in total. The molecule has 4 rings (SSSR count). The Morgan fingerprint density at radius 1 is 1.17 bits per heavy atom. The zero-order valence-electron chi connectivity index (χ0n) is 20.7. The molecule has 1 unspecified atom stereocenters. The van der Waals surface area contributed by atoms with Crippen LogP contribution in [0.4, 0.5) is 0 Å². The van der Waals surface area contributed by atoms with E-state index in [1.165, 1.54) is 15.9 Å². The van der Waals surface area contributed by atoms with E-state index in [1.807, 2.05) is 26.0 Å². The van der Waals surface area contributed by atoms with Crippen molar-refractivity contribution < 1.29 is 23.4 Å². The fraction of sp³-hybridized carbons (Fsp3) is 0.296. The number of furan rings is 1. The summed E-state index contributed by atoms with van der Waals surface area (Å²) in [5.74, 6) is 1.83. The maximum absolute atomic E-state index is 13.7. The average Bonchev–Trinajstić information content (AvgIpc) is 3.39. The minimum atomic E-state index is -0.756. The van der Waals surface area contributed by atoms with E-state index in [2.05, 4.69) is 11.6 Å². The monoisotopic (exact) mass is 508 g/mol. The number of thiazole rings is 1. The van der Waals surface area contributed by atoms with Gasteiger partial charge in [-0.1, -0.05) is 30.1 Å². The van der Waals surface area contributed by atoms with Crippen molar-refractivity contribution in [3.05, 3.63) is 91.0 Å². The van der Waals surface area contributed by atoms with Crippen LogP contribution in [0.2, 0.25) is 0 Å². The van der Waals surface area contributed by atoms with Gasteiger partial charge >= 0.3 is 5.97 Å². The van der Waals surface area contributed by atoms with Gasteiger partial charge in [0.25, 0.3) is 5.56 Å². The molecule has 2 aromatic heterocycles. The van der Waals surface area contributed by atoms with Crippen molar-refractivity contribution in [1.29, 1.82) is 0 Å². The average molecular weight is 509 g/mol. The van der Waals surface area contributed by atoms with Crippen LogP contribution in [0.1, 0.15) is 43.9 Å². The number of rotatable bonds is 9. The minimum Gasteiger partial charge on any atom is -0.490 e. The first kappa shape index (κ1) is 25.2. The standard InChI is InChI=1S/C27H28N2O6S/c1-6-13-34-20-12-10-18(14-21(20)32-7-2)24-23(26(31)33-8-3)17(5)28-27-29(24)25(30)22(36-27)15-19-11-9-16(4)35-19/h6,9-12,14-15,24H,1,7-8,13H2,2-5H3/b22-15-. The molecule has 1 aromatic carbocycles. The summed E-state index contributed by atoms with van der Waals surface area (Å²) in [6.45, 7) is 11.8. The molecule has 188 valence electrons. The predicted octanol–water partition coefficient (Wildman–Crippen LogP) is 3.66. The van der Waals surface area contributed by atoms with Gasteiger partial charge in [-0.15, -0.1) is 0 Å². The molecule has 3 aromatic rings. The molecule has 1 aliphatic heterocycles. The molecule has 1 atom stereocenters. The lowest BCUT2D eigenvalue weighted by molar-refractivity contribution is -0.139. The summed E-state index contributed by atoms with van der Waals surface area (Å²) < 4.78 is 24.5. The Bertz CT molecular complexity index is 1510. The molecular weight excluding hydrogens is 480 g/mol. The number of carbonyl (C=O) groups is 1. The second kappa shape index (κ2) is 10.8. The summed E-state index contributed by atoms with van der Waals surface area (Å²) in [7, 11) is 0. The number of fused-ring (bicyclic) bond motifs is 1. The fourth-order valence-corrected chi connectivity index (χ4v) is 5.02. The highest BCUT2D eigenvalue weighted by Gasteiger charge is 2.34. The van der Waals surface area contributed by atoms with Crippen LogP contribution < -0.4 is 24.4 Å². The number of aryl methyl sites for hydroxylation is 1. The molecule has 0 aliphatic carbocycles. The van der Waals surface area contributed by atoms with Gasteiger partial charge in [0.1, 0.15) is 18.1 Å². The Morgan fingerprint density at radius 3 is 2.64 bits per heavy atom. The normalized spacial score (nSPS) is 15.3. The Kier molecular flexibility index (Phi) is 7.59. The van der Waals surface area contributed by atoms with E-state index in [4.69, 9.17) is 18.6 Å². The Balaban J connectivity index is 1.93. The molecule has 1 aliphatic rings. The molecule has 0 radical (unpaired) electrons. The van der Waals surface area contributed by atoms with Crippen LogP contribution in [0.15, 0.2) is 68.5 Å². The lowest BCUT2D eigenvalue weighted by Crippen LogP contribution is -2.40. The number of esters is 1. The summed E-state index contributed by atoms with van der Waals surface area (Å²) in [5.41, 5.74) is 1.18. The van der Waals surface area contributed by atoms with Crippen LogP contribution in [0, 0.1) is 6.92 Å². The van der Waals surface area contributed by atoms with Crippen LogP contribution >= 0.6 is 11.3 Å².